The van der Waals surface area contributed by atoms with E-state index in [0.717, 1.165) is 15.6 Å². The Morgan fingerprint density at radius 2 is 1.93 bits per heavy atom. The van der Waals surface area contributed by atoms with E-state index >= 15 is 0 Å². The molecular formula is C21H19ClN4O2S2. The Hall–Kier alpha value is -2.42. The van der Waals surface area contributed by atoms with Gasteiger partial charge in [0.1, 0.15) is 5.01 Å². The maximum Gasteiger partial charge on any atom is 0.227 e. The molecule has 1 saturated heterocycles. The Morgan fingerprint density at radius 3 is 2.70 bits per heavy atom. The normalized spacial score (nSPS) is 16.1. The van der Waals surface area contributed by atoms with Gasteiger partial charge in [-0.15, -0.1) is 22.0 Å². The SMILES string of the molecule is O=C(CCSc1ccccc1)Nc1nnc([C@@H]2CC(=O)N(c3ccc(Cl)cc3)C2)s1. The van der Waals surface area contributed by atoms with Gasteiger partial charge in [0.2, 0.25) is 16.9 Å². The fourth-order valence-electron chi connectivity index (χ4n) is 3.15. The highest BCUT2D eigenvalue weighted by molar-refractivity contribution is 7.99. The maximum absolute atomic E-state index is 12.4. The van der Waals surface area contributed by atoms with Gasteiger partial charge in [0, 0.05) is 46.7 Å². The van der Waals surface area contributed by atoms with Gasteiger partial charge in [-0.05, 0) is 36.4 Å². The number of halogens is 1. The molecule has 0 radical (unpaired) electrons. The molecule has 0 unspecified atom stereocenters. The van der Waals surface area contributed by atoms with Crippen LogP contribution in [0.3, 0.4) is 0 Å². The predicted molar refractivity (Wildman–Crippen MR) is 121 cm³/mol. The lowest BCUT2D eigenvalue weighted by atomic mass is 10.1. The Bertz CT molecular complexity index is 1030. The Morgan fingerprint density at radius 1 is 1.17 bits per heavy atom. The molecule has 1 aromatic heterocycles. The minimum Gasteiger partial charge on any atom is -0.312 e. The van der Waals surface area contributed by atoms with Crippen LogP contribution >= 0.6 is 34.7 Å². The molecular weight excluding hydrogens is 440 g/mol. The minimum absolute atomic E-state index is 0.0371. The first kappa shape index (κ1) is 20.8. The standard InChI is InChI=1S/C21H19ClN4O2S2/c22-15-6-8-16(9-7-15)26-13-14(12-19(26)28)20-24-25-21(30-20)23-18(27)10-11-29-17-4-2-1-3-5-17/h1-9,14H,10-13H2,(H,23,25,27)/t14-/m1/s1. The Balaban J connectivity index is 1.30. The molecule has 0 bridgehead atoms. The van der Waals surface area contributed by atoms with Crippen molar-refractivity contribution in [1.82, 2.24) is 10.2 Å². The number of aromatic nitrogens is 2. The van der Waals surface area contributed by atoms with E-state index in [1.54, 1.807) is 28.8 Å². The van der Waals surface area contributed by atoms with Crippen LogP contribution in [0.1, 0.15) is 23.8 Å². The molecule has 2 amide bonds. The third-order valence-corrected chi connectivity index (χ3v) is 6.91. The largest absolute Gasteiger partial charge is 0.312 e. The van der Waals surface area contributed by atoms with Crippen molar-refractivity contribution in [2.75, 3.05) is 22.5 Å². The lowest BCUT2D eigenvalue weighted by Crippen LogP contribution is -2.24. The van der Waals surface area contributed by atoms with E-state index in [4.69, 9.17) is 11.6 Å². The predicted octanol–water partition coefficient (Wildman–Crippen LogP) is 4.83. The molecule has 30 heavy (non-hydrogen) atoms. The molecule has 1 atom stereocenters. The molecule has 2 heterocycles. The van der Waals surface area contributed by atoms with E-state index in [2.05, 4.69) is 15.5 Å². The van der Waals surface area contributed by atoms with Crippen LogP contribution < -0.4 is 10.2 Å². The van der Waals surface area contributed by atoms with Gasteiger partial charge in [-0.2, -0.15) is 0 Å². The van der Waals surface area contributed by atoms with Crippen LogP contribution in [0.2, 0.25) is 5.02 Å². The Labute approximate surface area is 187 Å². The van der Waals surface area contributed by atoms with Crippen LogP contribution in [0.15, 0.2) is 59.5 Å². The molecule has 154 valence electrons. The average Bonchev–Trinajstić information content (AvgIpc) is 3.36. The minimum atomic E-state index is -0.0913. The number of anilines is 2. The molecule has 1 N–H and O–H groups in total. The van der Waals surface area contributed by atoms with Crippen LogP contribution in [-0.4, -0.2) is 34.3 Å². The summed E-state index contributed by atoms with van der Waals surface area (Å²) in [6.07, 6.45) is 0.764. The second-order valence-corrected chi connectivity index (χ2v) is 9.40. The van der Waals surface area contributed by atoms with Crippen molar-refractivity contribution in [3.8, 4) is 0 Å². The molecule has 6 nitrogen and oxygen atoms in total. The molecule has 1 aliphatic heterocycles. The zero-order chi connectivity index (χ0) is 20.9. The third-order valence-electron chi connectivity index (χ3n) is 4.64. The molecule has 0 spiro atoms. The number of hydrogen-bond acceptors (Lipinski definition) is 6. The summed E-state index contributed by atoms with van der Waals surface area (Å²) in [7, 11) is 0. The number of rotatable bonds is 7. The smallest absolute Gasteiger partial charge is 0.227 e. The fraction of sp³-hybridized carbons (Fsp3) is 0.238. The van der Waals surface area contributed by atoms with Crippen molar-refractivity contribution in [2.24, 2.45) is 0 Å². The quantitative estimate of drug-likeness (QED) is 0.513. The number of amides is 2. The molecule has 4 rings (SSSR count). The van der Waals surface area contributed by atoms with Crippen LogP contribution in [0.4, 0.5) is 10.8 Å². The summed E-state index contributed by atoms with van der Waals surface area (Å²) in [5.74, 6) is 0.603. The number of carbonyl (C=O) groups is 2. The van der Waals surface area contributed by atoms with Crippen LogP contribution in [0.25, 0.3) is 0 Å². The third kappa shape index (κ3) is 5.19. The summed E-state index contributed by atoms with van der Waals surface area (Å²) < 4.78 is 0. The van der Waals surface area contributed by atoms with E-state index in [0.29, 0.717) is 35.3 Å². The van der Waals surface area contributed by atoms with Gasteiger partial charge in [-0.1, -0.05) is 41.1 Å². The number of carbonyl (C=O) groups excluding carboxylic acids is 2. The topological polar surface area (TPSA) is 75.2 Å². The second-order valence-electron chi connectivity index (χ2n) is 6.79. The van der Waals surface area contributed by atoms with E-state index < -0.39 is 0 Å². The highest BCUT2D eigenvalue weighted by atomic mass is 35.5. The van der Waals surface area contributed by atoms with Gasteiger partial charge in [0.15, 0.2) is 0 Å². The van der Waals surface area contributed by atoms with E-state index in [1.165, 1.54) is 11.3 Å². The van der Waals surface area contributed by atoms with E-state index in [1.807, 2.05) is 42.5 Å². The van der Waals surface area contributed by atoms with Crippen molar-refractivity contribution in [3.63, 3.8) is 0 Å². The average molecular weight is 459 g/mol. The molecule has 9 heteroatoms. The summed E-state index contributed by atoms with van der Waals surface area (Å²) >= 11 is 8.90. The summed E-state index contributed by atoms with van der Waals surface area (Å²) in [5, 5.41) is 13.0. The van der Waals surface area contributed by atoms with Crippen molar-refractivity contribution >= 4 is 57.3 Å². The van der Waals surface area contributed by atoms with E-state index in [-0.39, 0.29) is 17.7 Å². The maximum atomic E-state index is 12.4. The summed E-state index contributed by atoms with van der Waals surface area (Å²) in [6.45, 7) is 0.538. The van der Waals surface area contributed by atoms with Gasteiger partial charge in [-0.3, -0.25) is 9.59 Å². The molecule has 1 fully saturated rings. The van der Waals surface area contributed by atoms with Gasteiger partial charge < -0.3 is 10.2 Å². The van der Waals surface area contributed by atoms with Gasteiger partial charge in [-0.25, -0.2) is 0 Å². The highest BCUT2D eigenvalue weighted by Crippen LogP contribution is 2.34. The second kappa shape index (κ2) is 9.59. The summed E-state index contributed by atoms with van der Waals surface area (Å²) in [5.41, 5.74) is 0.820. The van der Waals surface area contributed by atoms with Crippen molar-refractivity contribution in [2.45, 2.75) is 23.7 Å². The molecule has 2 aromatic carbocycles. The van der Waals surface area contributed by atoms with Crippen LogP contribution in [-0.2, 0) is 9.59 Å². The number of hydrogen-bond donors (Lipinski definition) is 1. The number of benzene rings is 2. The molecule has 3 aromatic rings. The van der Waals surface area contributed by atoms with Crippen LogP contribution in [0, 0.1) is 0 Å². The first-order valence-corrected chi connectivity index (χ1v) is 11.6. The zero-order valence-electron chi connectivity index (χ0n) is 16.0. The number of nitrogens with zero attached hydrogens (tertiary/aromatic N) is 3. The lowest BCUT2D eigenvalue weighted by molar-refractivity contribution is -0.117. The highest BCUT2D eigenvalue weighted by Gasteiger charge is 2.33. The first-order chi connectivity index (χ1) is 14.6. The van der Waals surface area contributed by atoms with Gasteiger partial charge in [0.05, 0.1) is 0 Å². The van der Waals surface area contributed by atoms with Crippen molar-refractivity contribution < 1.29 is 9.59 Å². The summed E-state index contributed by atoms with van der Waals surface area (Å²) in [4.78, 5) is 27.5. The lowest BCUT2D eigenvalue weighted by Gasteiger charge is -2.16. The molecule has 0 saturated carbocycles. The van der Waals surface area contributed by atoms with Crippen LogP contribution in [0.5, 0.6) is 0 Å². The first-order valence-electron chi connectivity index (χ1n) is 9.45. The number of thioether (sulfide) groups is 1. The van der Waals surface area contributed by atoms with Gasteiger partial charge in [0.25, 0.3) is 0 Å². The van der Waals surface area contributed by atoms with Gasteiger partial charge >= 0.3 is 0 Å². The molecule has 1 aliphatic rings. The van der Waals surface area contributed by atoms with Crippen molar-refractivity contribution in [3.05, 3.63) is 64.6 Å². The molecule has 0 aliphatic carbocycles. The van der Waals surface area contributed by atoms with Crippen molar-refractivity contribution in [1.29, 1.82) is 0 Å². The van der Waals surface area contributed by atoms with E-state index in [9.17, 15) is 9.59 Å². The zero-order valence-corrected chi connectivity index (χ0v) is 18.3. The number of nitrogens with one attached hydrogen (secondary N) is 1. The summed E-state index contributed by atoms with van der Waals surface area (Å²) in [6, 6.07) is 17.2. The Kier molecular flexibility index (Phi) is 6.66. The fourth-order valence-corrected chi connectivity index (χ4v) is 5.00. The monoisotopic (exact) mass is 458 g/mol.